The monoisotopic (exact) mass is 636 g/mol. The van der Waals surface area contributed by atoms with Crippen LogP contribution in [-0.4, -0.2) is 60.8 Å². The Balaban J connectivity index is 1.75. The molecule has 252 valence electrons. The lowest BCUT2D eigenvalue weighted by molar-refractivity contribution is -0.143. The Hall–Kier alpha value is -3.62. The molecule has 1 fully saturated rings. The summed E-state index contributed by atoms with van der Waals surface area (Å²) in [7, 11) is 0. The Morgan fingerprint density at radius 1 is 0.609 bits per heavy atom. The van der Waals surface area contributed by atoms with E-state index in [1.807, 2.05) is 24.3 Å². The van der Waals surface area contributed by atoms with E-state index in [1.54, 1.807) is 13.8 Å². The van der Waals surface area contributed by atoms with Crippen molar-refractivity contribution in [3.05, 3.63) is 84.0 Å². The van der Waals surface area contributed by atoms with Crippen molar-refractivity contribution in [2.75, 3.05) is 26.4 Å². The van der Waals surface area contributed by atoms with Gasteiger partial charge in [0, 0.05) is 16.6 Å². The van der Waals surface area contributed by atoms with Gasteiger partial charge in [-0.05, 0) is 62.1 Å². The van der Waals surface area contributed by atoms with E-state index >= 15 is 0 Å². The Morgan fingerprint density at radius 2 is 0.935 bits per heavy atom. The van der Waals surface area contributed by atoms with Gasteiger partial charge in [-0.2, -0.15) is 0 Å². The van der Waals surface area contributed by atoms with Crippen molar-refractivity contribution in [2.24, 2.45) is 0 Å². The van der Waals surface area contributed by atoms with Crippen molar-refractivity contribution in [3.63, 3.8) is 0 Å². The van der Waals surface area contributed by atoms with Crippen LogP contribution in [0.5, 0.6) is 11.5 Å². The molecule has 2 aromatic rings. The van der Waals surface area contributed by atoms with Crippen LogP contribution in [0.1, 0.15) is 95.6 Å². The number of carbonyl (C=O) groups is 2. The molecule has 2 N–H and O–H groups in total. The van der Waals surface area contributed by atoms with E-state index in [-0.39, 0.29) is 43.0 Å². The van der Waals surface area contributed by atoms with E-state index in [0.29, 0.717) is 11.5 Å². The molecule has 2 aromatic carbocycles. The third kappa shape index (κ3) is 12.0. The summed E-state index contributed by atoms with van der Waals surface area (Å²) in [6.07, 6.45) is 11.2. The van der Waals surface area contributed by atoms with E-state index in [2.05, 4.69) is 37.4 Å². The van der Waals surface area contributed by atoms with Gasteiger partial charge in [0.2, 0.25) is 0 Å². The summed E-state index contributed by atoms with van der Waals surface area (Å²) in [6.45, 7) is 9.90. The fourth-order valence-corrected chi connectivity index (χ4v) is 5.77. The minimum absolute atomic E-state index is 0.000445. The largest absolute Gasteiger partial charge is 0.491 e. The number of aliphatic hydroxyl groups excluding tert-OH is 2. The van der Waals surface area contributed by atoms with Gasteiger partial charge >= 0.3 is 11.9 Å². The summed E-state index contributed by atoms with van der Waals surface area (Å²) in [6, 6.07) is 16.3. The van der Waals surface area contributed by atoms with Gasteiger partial charge in [0.15, 0.2) is 0 Å². The quantitative estimate of drug-likeness (QED) is 0.169. The maximum Gasteiger partial charge on any atom is 0.333 e. The molecule has 0 aromatic heterocycles. The maximum atomic E-state index is 11.6. The predicted octanol–water partition coefficient (Wildman–Crippen LogP) is 7.00. The van der Waals surface area contributed by atoms with Gasteiger partial charge < -0.3 is 29.2 Å². The molecule has 3 rings (SSSR count). The zero-order valence-electron chi connectivity index (χ0n) is 27.6. The third-order valence-electron chi connectivity index (χ3n) is 8.42. The number of rotatable bonds is 14. The summed E-state index contributed by atoms with van der Waals surface area (Å²) in [4.78, 5) is 23.2. The molecule has 1 aliphatic carbocycles. The number of hydrogen-bond acceptors (Lipinski definition) is 8. The molecule has 2 atom stereocenters. The summed E-state index contributed by atoms with van der Waals surface area (Å²) in [5.41, 5.74) is 2.81. The normalized spacial score (nSPS) is 16.9. The zero-order chi connectivity index (χ0) is 33.4. The van der Waals surface area contributed by atoms with E-state index in [0.717, 1.165) is 25.7 Å². The first kappa shape index (κ1) is 36.8. The number of hydrogen-bond donors (Lipinski definition) is 2. The maximum absolute atomic E-state index is 11.6. The number of carbonyl (C=O) groups excluding carboxylic acids is 2. The van der Waals surface area contributed by atoms with Crippen LogP contribution in [-0.2, 0) is 24.5 Å². The number of ether oxygens (including phenoxy) is 4. The van der Waals surface area contributed by atoms with Crippen molar-refractivity contribution in [1.29, 1.82) is 0 Å². The van der Waals surface area contributed by atoms with Crippen molar-refractivity contribution in [3.8, 4) is 11.5 Å². The Kier molecular flexibility index (Phi) is 15.3. The zero-order valence-corrected chi connectivity index (χ0v) is 27.6. The molecule has 0 bridgehead atoms. The molecule has 0 amide bonds. The molecule has 0 aliphatic heterocycles. The van der Waals surface area contributed by atoms with Crippen molar-refractivity contribution in [2.45, 2.75) is 102 Å². The van der Waals surface area contributed by atoms with Crippen LogP contribution in [0.3, 0.4) is 0 Å². The third-order valence-corrected chi connectivity index (χ3v) is 8.42. The van der Waals surface area contributed by atoms with Crippen molar-refractivity contribution < 1.29 is 38.7 Å². The highest BCUT2D eigenvalue weighted by Gasteiger charge is 2.33. The lowest BCUT2D eigenvalue weighted by atomic mass is 9.67. The molecule has 0 spiro atoms. The first-order valence-corrected chi connectivity index (χ1v) is 16.6. The molecule has 2 unspecified atom stereocenters. The van der Waals surface area contributed by atoms with Gasteiger partial charge in [-0.3, -0.25) is 0 Å². The standard InChI is InChI=1S/C38H52O8/c1-28(2)36(41)45-26-32(39)24-43-34-18-14-30(15-19-34)38(22-12-10-8-6-5-7-9-11-13-23-38)31-16-20-35(21-17-31)44-25-33(40)27-46-37(42)29(3)4/h14-21,32-33,39-40H,1,3,5-13,22-27H2,2,4H3. The van der Waals surface area contributed by atoms with Crippen LogP contribution < -0.4 is 9.47 Å². The molecule has 0 heterocycles. The summed E-state index contributed by atoms with van der Waals surface area (Å²) < 4.78 is 21.7. The first-order valence-electron chi connectivity index (χ1n) is 16.6. The second kappa shape index (κ2) is 19.1. The molecule has 0 saturated heterocycles. The number of aliphatic hydroxyl groups is 2. The van der Waals surface area contributed by atoms with Gasteiger partial charge in [0.1, 0.15) is 50.1 Å². The average molecular weight is 637 g/mol. The van der Waals surface area contributed by atoms with Crippen LogP contribution in [0, 0.1) is 0 Å². The van der Waals surface area contributed by atoms with Crippen LogP contribution in [0.2, 0.25) is 0 Å². The highest BCUT2D eigenvalue weighted by molar-refractivity contribution is 5.87. The minimum Gasteiger partial charge on any atom is -0.491 e. The summed E-state index contributed by atoms with van der Waals surface area (Å²) >= 11 is 0. The number of esters is 2. The highest BCUT2D eigenvalue weighted by atomic mass is 16.6. The second-order valence-corrected chi connectivity index (χ2v) is 12.5. The highest BCUT2D eigenvalue weighted by Crippen LogP contribution is 2.43. The Bertz CT molecular complexity index is 1150. The first-order chi connectivity index (χ1) is 22.1. The molecule has 8 heteroatoms. The van der Waals surface area contributed by atoms with Crippen molar-refractivity contribution >= 4 is 11.9 Å². The fraction of sp³-hybridized carbons (Fsp3) is 0.526. The molecule has 1 aliphatic rings. The molecular formula is C38H52O8. The molecule has 0 radical (unpaired) electrons. The lowest BCUT2D eigenvalue weighted by Gasteiger charge is -2.36. The van der Waals surface area contributed by atoms with E-state index in [9.17, 15) is 19.8 Å². The SMILES string of the molecule is C=C(C)C(=O)OCC(O)COc1ccc(C2(c3ccc(OCC(O)COC(=O)C(=C)C)cc3)CCCCCCCCCCC2)cc1. The molecule has 8 nitrogen and oxygen atoms in total. The van der Waals surface area contributed by atoms with Crippen LogP contribution in [0.4, 0.5) is 0 Å². The molecular weight excluding hydrogens is 584 g/mol. The van der Waals surface area contributed by atoms with Gasteiger partial charge in [-0.1, -0.05) is 95.2 Å². The van der Waals surface area contributed by atoms with Gasteiger partial charge in [0.25, 0.3) is 0 Å². The van der Waals surface area contributed by atoms with Crippen LogP contribution in [0.15, 0.2) is 72.8 Å². The van der Waals surface area contributed by atoms with E-state index in [4.69, 9.17) is 18.9 Å². The van der Waals surface area contributed by atoms with Gasteiger partial charge in [-0.15, -0.1) is 0 Å². The topological polar surface area (TPSA) is 112 Å². The predicted molar refractivity (Wildman–Crippen MR) is 179 cm³/mol. The van der Waals surface area contributed by atoms with E-state index in [1.165, 1.54) is 56.1 Å². The lowest BCUT2D eigenvalue weighted by Crippen LogP contribution is -2.28. The Labute approximate surface area is 274 Å². The molecule has 1 saturated carbocycles. The second-order valence-electron chi connectivity index (χ2n) is 12.5. The van der Waals surface area contributed by atoms with Crippen LogP contribution in [0.25, 0.3) is 0 Å². The van der Waals surface area contributed by atoms with E-state index < -0.39 is 24.1 Å². The van der Waals surface area contributed by atoms with Gasteiger partial charge in [0.05, 0.1) is 0 Å². The summed E-state index contributed by atoms with van der Waals surface area (Å²) in [5.74, 6) is 0.191. The summed E-state index contributed by atoms with van der Waals surface area (Å²) in [5, 5.41) is 20.4. The Morgan fingerprint density at radius 3 is 1.26 bits per heavy atom. The fourth-order valence-electron chi connectivity index (χ4n) is 5.77. The van der Waals surface area contributed by atoms with Crippen molar-refractivity contribution in [1.82, 2.24) is 0 Å². The number of benzene rings is 2. The average Bonchev–Trinajstić information content (AvgIpc) is 3.05. The minimum atomic E-state index is -0.950. The van der Waals surface area contributed by atoms with Gasteiger partial charge in [-0.25, -0.2) is 9.59 Å². The smallest absolute Gasteiger partial charge is 0.333 e. The molecule has 46 heavy (non-hydrogen) atoms. The van der Waals surface area contributed by atoms with Crippen LogP contribution >= 0.6 is 0 Å².